The van der Waals surface area contributed by atoms with Crippen molar-refractivity contribution in [1.29, 1.82) is 5.26 Å². The predicted molar refractivity (Wildman–Crippen MR) is 94.4 cm³/mol. The molecule has 0 aliphatic carbocycles. The van der Waals surface area contributed by atoms with Gasteiger partial charge in [-0.25, -0.2) is 0 Å². The maximum atomic E-state index is 9.82. The van der Waals surface area contributed by atoms with Crippen LogP contribution in [0.15, 0.2) is 0 Å². The van der Waals surface area contributed by atoms with Gasteiger partial charge in [0.1, 0.15) is 0 Å². The summed E-state index contributed by atoms with van der Waals surface area (Å²) in [6, 6.07) is 1.75. The molecule has 0 unspecified atom stereocenters. The lowest BCUT2D eigenvalue weighted by Crippen LogP contribution is -2.06. The Morgan fingerprint density at radius 2 is 1.67 bits per heavy atom. The van der Waals surface area contributed by atoms with Crippen LogP contribution in [0.25, 0.3) is 0 Å². The van der Waals surface area contributed by atoms with Gasteiger partial charge in [-0.2, -0.15) is 5.26 Å². The Bertz CT molecular complexity index is 264. The summed E-state index contributed by atoms with van der Waals surface area (Å²) in [5.74, 6) is -0.211. The number of hydrogen-bond acceptors (Lipinski definition) is 6. The summed E-state index contributed by atoms with van der Waals surface area (Å²) < 4.78 is 9.35. The molecule has 8 nitrogen and oxygen atoms in total. The van der Waals surface area contributed by atoms with Crippen molar-refractivity contribution in [1.82, 2.24) is 4.90 Å². The number of carbonyl (C=O) groups excluding carboxylic acids is 2. The molecule has 3 N–H and O–H groups in total. The van der Waals surface area contributed by atoms with Crippen LogP contribution in [0.4, 0.5) is 0 Å². The van der Waals surface area contributed by atoms with E-state index in [1.807, 2.05) is 0 Å². The topological polar surface area (TPSA) is 131 Å². The zero-order chi connectivity index (χ0) is 19.1. The molecule has 0 radical (unpaired) electrons. The molecular weight excluding hydrogens is 316 g/mol. The van der Waals surface area contributed by atoms with Gasteiger partial charge in [-0.05, 0) is 33.6 Å². The fraction of sp³-hybridized carbons (Fsp3) is 0.812. The van der Waals surface area contributed by atoms with Gasteiger partial charge in [-0.3, -0.25) is 9.59 Å². The standard InChI is InChI=1S/C4H8O2.C4H8O.C3H7NO.C3H8O.C2H3N.H2O/c1-3-6-4(2)5;1-2-4-5-3-1;1-4(2)3-5;1-3(2)4;1-2-3;/h3H2,1-2H3;1-4H2;3H,1-2H3;3-4H,1-2H3;1H3;1H2. The minimum absolute atomic E-state index is 0. The van der Waals surface area contributed by atoms with E-state index in [1.54, 1.807) is 40.9 Å². The van der Waals surface area contributed by atoms with Crippen LogP contribution in [0, 0.1) is 11.3 Å². The minimum Gasteiger partial charge on any atom is -0.466 e. The Kier molecular flexibility index (Phi) is 46.6. The highest BCUT2D eigenvalue weighted by atomic mass is 16.5. The average molecular weight is 352 g/mol. The molecule has 1 aliphatic rings. The molecule has 1 rings (SSSR count). The van der Waals surface area contributed by atoms with E-state index in [0.29, 0.717) is 6.61 Å². The Balaban J connectivity index is -0.0000000631. The first kappa shape index (κ1) is 33.8. The summed E-state index contributed by atoms with van der Waals surface area (Å²) in [5.41, 5.74) is 0. The van der Waals surface area contributed by atoms with Crippen LogP contribution < -0.4 is 0 Å². The van der Waals surface area contributed by atoms with Crippen molar-refractivity contribution in [3.63, 3.8) is 0 Å². The molecule has 0 saturated carbocycles. The summed E-state index contributed by atoms with van der Waals surface area (Å²) in [6.07, 6.45) is 3.14. The summed E-state index contributed by atoms with van der Waals surface area (Å²) in [5, 5.41) is 15.4. The first-order chi connectivity index (χ1) is 10.7. The molecular formula is C16H36N2O6. The molecule has 1 aliphatic heterocycles. The highest BCUT2D eigenvalue weighted by Crippen LogP contribution is 1.98. The maximum absolute atomic E-state index is 9.82. The van der Waals surface area contributed by atoms with E-state index in [-0.39, 0.29) is 17.5 Å². The molecule has 0 aromatic rings. The zero-order valence-electron chi connectivity index (χ0n) is 16.2. The monoisotopic (exact) mass is 352 g/mol. The lowest BCUT2D eigenvalue weighted by atomic mass is 10.4. The number of nitrogens with zero attached hydrogens (tertiary/aromatic N) is 2. The molecule has 0 aromatic heterocycles. The lowest BCUT2D eigenvalue weighted by molar-refractivity contribution is -0.140. The normalized spacial score (nSPS) is 10.2. The van der Waals surface area contributed by atoms with Gasteiger partial charge in [0.05, 0.1) is 12.7 Å². The van der Waals surface area contributed by atoms with E-state index >= 15 is 0 Å². The summed E-state index contributed by atoms with van der Waals surface area (Å²) in [4.78, 5) is 20.7. The van der Waals surface area contributed by atoms with Crippen LogP contribution in [0.1, 0.15) is 47.5 Å². The Morgan fingerprint density at radius 3 is 1.71 bits per heavy atom. The second-order valence-electron chi connectivity index (χ2n) is 4.63. The molecule has 1 fully saturated rings. The molecule has 0 aromatic carbocycles. The van der Waals surface area contributed by atoms with Crippen LogP contribution in [0.2, 0.25) is 0 Å². The van der Waals surface area contributed by atoms with Gasteiger partial charge in [0, 0.05) is 47.3 Å². The minimum atomic E-state index is -0.211. The Hall–Kier alpha value is -1.69. The van der Waals surface area contributed by atoms with Crippen molar-refractivity contribution in [3.05, 3.63) is 0 Å². The largest absolute Gasteiger partial charge is 0.466 e. The highest BCUT2D eigenvalue weighted by molar-refractivity contribution is 5.65. The smallest absolute Gasteiger partial charge is 0.302 e. The molecule has 146 valence electrons. The van der Waals surface area contributed by atoms with Crippen LogP contribution in [0.5, 0.6) is 0 Å². The van der Waals surface area contributed by atoms with Crippen molar-refractivity contribution in [2.24, 2.45) is 0 Å². The van der Waals surface area contributed by atoms with Crippen molar-refractivity contribution < 1.29 is 29.6 Å². The third-order valence-electron chi connectivity index (χ3n) is 1.39. The van der Waals surface area contributed by atoms with Gasteiger partial charge in [-0.15, -0.1) is 0 Å². The number of carbonyl (C=O) groups is 2. The first-order valence-electron chi connectivity index (χ1n) is 7.51. The number of nitriles is 1. The number of aliphatic hydroxyl groups excluding tert-OH is 1. The second-order valence-corrected chi connectivity index (χ2v) is 4.63. The summed E-state index contributed by atoms with van der Waals surface area (Å²) in [7, 11) is 3.38. The highest BCUT2D eigenvalue weighted by Gasteiger charge is 1.94. The zero-order valence-corrected chi connectivity index (χ0v) is 16.2. The third-order valence-corrected chi connectivity index (χ3v) is 1.39. The van der Waals surface area contributed by atoms with Gasteiger partial charge in [-0.1, -0.05) is 0 Å². The van der Waals surface area contributed by atoms with Gasteiger partial charge in [0.2, 0.25) is 6.41 Å². The fourth-order valence-corrected chi connectivity index (χ4v) is 0.714. The molecule has 0 atom stereocenters. The van der Waals surface area contributed by atoms with Gasteiger partial charge < -0.3 is 25.0 Å². The molecule has 0 spiro atoms. The van der Waals surface area contributed by atoms with Crippen LogP contribution in [-0.4, -0.2) is 67.9 Å². The van der Waals surface area contributed by atoms with Crippen LogP contribution in [-0.2, 0) is 19.1 Å². The van der Waals surface area contributed by atoms with Crippen molar-refractivity contribution in [2.45, 2.75) is 53.6 Å². The second kappa shape index (κ2) is 33.0. The Labute approximate surface area is 146 Å². The number of amides is 1. The fourth-order valence-electron chi connectivity index (χ4n) is 0.714. The lowest BCUT2D eigenvalue weighted by Gasteiger charge is -1.93. The van der Waals surface area contributed by atoms with E-state index in [4.69, 9.17) is 15.1 Å². The quantitative estimate of drug-likeness (QED) is 0.586. The first-order valence-corrected chi connectivity index (χ1v) is 7.51. The average Bonchev–Trinajstić information content (AvgIpc) is 2.98. The molecule has 24 heavy (non-hydrogen) atoms. The predicted octanol–water partition coefficient (Wildman–Crippen LogP) is 1.16. The van der Waals surface area contributed by atoms with Crippen LogP contribution in [0.3, 0.4) is 0 Å². The number of hydrogen-bond donors (Lipinski definition) is 1. The van der Waals surface area contributed by atoms with Gasteiger partial charge >= 0.3 is 5.97 Å². The molecule has 1 saturated heterocycles. The van der Waals surface area contributed by atoms with E-state index in [9.17, 15) is 9.59 Å². The van der Waals surface area contributed by atoms with E-state index in [0.717, 1.165) is 19.6 Å². The van der Waals surface area contributed by atoms with Gasteiger partial charge in [0.25, 0.3) is 0 Å². The van der Waals surface area contributed by atoms with Gasteiger partial charge in [0.15, 0.2) is 0 Å². The van der Waals surface area contributed by atoms with Crippen LogP contribution >= 0.6 is 0 Å². The molecule has 1 heterocycles. The van der Waals surface area contributed by atoms with E-state index in [1.165, 1.54) is 31.6 Å². The molecule has 8 heteroatoms. The SMILES string of the molecule is C1CCOC1.CC#N.CC(C)O.CCOC(C)=O.CN(C)C=O.O. The molecule has 0 bridgehead atoms. The number of rotatable bonds is 2. The third kappa shape index (κ3) is 110. The summed E-state index contributed by atoms with van der Waals surface area (Å²) >= 11 is 0. The van der Waals surface area contributed by atoms with Crippen molar-refractivity contribution in [2.75, 3.05) is 33.9 Å². The number of esters is 1. The van der Waals surface area contributed by atoms with Crippen molar-refractivity contribution >= 4 is 12.4 Å². The number of aliphatic hydroxyl groups is 1. The van der Waals surface area contributed by atoms with E-state index < -0.39 is 0 Å². The Morgan fingerprint density at radius 1 is 1.38 bits per heavy atom. The maximum Gasteiger partial charge on any atom is 0.302 e. The van der Waals surface area contributed by atoms with E-state index in [2.05, 4.69) is 4.74 Å². The van der Waals surface area contributed by atoms with Crippen molar-refractivity contribution in [3.8, 4) is 6.07 Å². The molecule has 1 amide bonds. The number of ether oxygens (including phenoxy) is 2. The summed E-state index contributed by atoms with van der Waals surface area (Å²) in [6.45, 7) is 10.5.